The first-order chi connectivity index (χ1) is 13.3. The van der Waals surface area contributed by atoms with Crippen LogP contribution in [0.1, 0.15) is 19.3 Å². The van der Waals surface area contributed by atoms with E-state index in [-0.39, 0.29) is 12.8 Å². The van der Waals surface area contributed by atoms with Crippen molar-refractivity contribution in [2.24, 2.45) is 0 Å². The Bertz CT molecular complexity index is 625. The van der Waals surface area contributed by atoms with Crippen LogP contribution in [-0.2, 0) is 19.0 Å². The second-order valence-electron chi connectivity index (χ2n) is 6.03. The third-order valence-corrected chi connectivity index (χ3v) is 3.94. The summed E-state index contributed by atoms with van der Waals surface area (Å²) < 4.78 is 15.1. The Morgan fingerprint density at radius 3 is 2.57 bits per heavy atom. The van der Waals surface area contributed by atoms with E-state index in [2.05, 4.69) is 35.0 Å². The fourth-order valence-corrected chi connectivity index (χ4v) is 2.30. The molecule has 5 N–H and O–H groups in total. The molecule has 1 fully saturated rings. The van der Waals surface area contributed by atoms with E-state index in [9.17, 15) is 25.2 Å². The van der Waals surface area contributed by atoms with Gasteiger partial charge in [0.2, 0.25) is 0 Å². The molecule has 1 heterocycles. The number of methoxy groups -OCH3 is 1. The zero-order chi connectivity index (χ0) is 21.1. The third-order valence-electron chi connectivity index (χ3n) is 3.94. The van der Waals surface area contributed by atoms with Gasteiger partial charge >= 0.3 is 5.97 Å². The number of carbonyl (C=O) groups excluding carboxylic acids is 1. The Balaban J connectivity index is 2.53. The summed E-state index contributed by atoms with van der Waals surface area (Å²) in [6, 6.07) is 0. The summed E-state index contributed by atoms with van der Waals surface area (Å²) in [4.78, 5) is 11.0. The van der Waals surface area contributed by atoms with Crippen LogP contribution in [-0.4, -0.2) is 88.1 Å². The van der Waals surface area contributed by atoms with E-state index < -0.39 is 55.5 Å². The van der Waals surface area contributed by atoms with E-state index in [1.807, 2.05) is 0 Å². The molecular weight excluding hydrogens is 372 g/mol. The normalized spacial score (nSPS) is 28.7. The number of aliphatic hydroxyl groups is 5. The van der Waals surface area contributed by atoms with Crippen LogP contribution < -0.4 is 0 Å². The van der Waals surface area contributed by atoms with E-state index in [0.717, 1.165) is 0 Å². The van der Waals surface area contributed by atoms with Gasteiger partial charge < -0.3 is 39.7 Å². The maximum atomic E-state index is 11.0. The van der Waals surface area contributed by atoms with Crippen LogP contribution in [0.2, 0.25) is 0 Å². The molecule has 1 rings (SSSR count). The summed E-state index contributed by atoms with van der Waals surface area (Å²) in [5.41, 5.74) is 0. The predicted octanol–water partition coefficient (Wildman–Crippen LogP) is -1.93. The summed E-state index contributed by atoms with van der Waals surface area (Å²) in [5.74, 6) is 9.93. The quantitative estimate of drug-likeness (QED) is 0.179. The molecule has 0 aromatic carbocycles. The molecule has 1 saturated heterocycles. The molecule has 28 heavy (non-hydrogen) atoms. The number of hydrogen-bond acceptors (Lipinski definition) is 9. The Kier molecular flexibility index (Phi) is 10.8. The number of rotatable bonds is 8. The van der Waals surface area contributed by atoms with Gasteiger partial charge in [-0.1, -0.05) is 24.5 Å². The summed E-state index contributed by atoms with van der Waals surface area (Å²) >= 11 is 0. The Morgan fingerprint density at radius 1 is 1.25 bits per heavy atom. The van der Waals surface area contributed by atoms with Crippen LogP contribution in [0.25, 0.3) is 0 Å². The Hall–Kier alpha value is -1.95. The average Bonchev–Trinajstić information content (AvgIpc) is 2.69. The van der Waals surface area contributed by atoms with Crippen molar-refractivity contribution in [2.45, 2.75) is 62.2 Å². The minimum Gasteiger partial charge on any atom is -0.469 e. The Labute approximate surface area is 163 Å². The molecule has 1 aliphatic rings. The van der Waals surface area contributed by atoms with E-state index in [1.165, 1.54) is 13.2 Å². The van der Waals surface area contributed by atoms with Crippen molar-refractivity contribution < 1.29 is 44.5 Å². The van der Waals surface area contributed by atoms with Gasteiger partial charge in [-0.15, -0.1) is 0 Å². The van der Waals surface area contributed by atoms with E-state index in [4.69, 9.17) is 14.6 Å². The molecule has 156 valence electrons. The molecular formula is C19H26O9. The smallest absolute Gasteiger partial charge is 0.308 e. The minimum atomic E-state index is -1.55. The Morgan fingerprint density at radius 2 is 1.96 bits per heavy atom. The van der Waals surface area contributed by atoms with Gasteiger partial charge in [0.05, 0.1) is 26.2 Å². The fourth-order valence-electron chi connectivity index (χ4n) is 2.30. The highest BCUT2D eigenvalue weighted by molar-refractivity contribution is 5.69. The lowest BCUT2D eigenvalue weighted by atomic mass is 9.99. The standard InChI is InChI=1S/C19H26O9/c1-3-13(9-7-5-4-6-8-12(21)10-15(22)26-2)27-19-18(25)17(24)16(23)14(11-20)28-19/h3,12-14,16-21,23-25H,1,6,8,10-11H2,2H3/t12?,13-,14-,16-,17+,18-,19-/m1/s1. The first-order valence-electron chi connectivity index (χ1n) is 8.65. The van der Waals surface area contributed by atoms with Crippen molar-refractivity contribution >= 4 is 5.97 Å². The van der Waals surface area contributed by atoms with E-state index in [1.54, 1.807) is 0 Å². The molecule has 0 radical (unpaired) electrons. The molecule has 1 unspecified atom stereocenters. The van der Waals surface area contributed by atoms with E-state index in [0.29, 0.717) is 6.42 Å². The lowest BCUT2D eigenvalue weighted by Crippen LogP contribution is -2.59. The van der Waals surface area contributed by atoms with Gasteiger partial charge in [-0.05, 0) is 18.3 Å². The number of carbonyl (C=O) groups is 1. The highest BCUT2D eigenvalue weighted by atomic mass is 16.7. The zero-order valence-corrected chi connectivity index (χ0v) is 15.5. The second kappa shape index (κ2) is 12.5. The number of ether oxygens (including phenoxy) is 3. The average molecular weight is 398 g/mol. The lowest BCUT2D eigenvalue weighted by molar-refractivity contribution is -0.303. The molecule has 0 amide bonds. The molecule has 0 bridgehead atoms. The molecule has 0 aliphatic carbocycles. The second-order valence-corrected chi connectivity index (χ2v) is 6.03. The molecule has 0 saturated carbocycles. The van der Waals surface area contributed by atoms with Crippen molar-refractivity contribution in [3.63, 3.8) is 0 Å². The predicted molar refractivity (Wildman–Crippen MR) is 96.3 cm³/mol. The molecule has 9 nitrogen and oxygen atoms in total. The summed E-state index contributed by atoms with van der Waals surface area (Å²) in [6.45, 7) is 2.98. The maximum absolute atomic E-state index is 11.0. The number of hydrogen-bond donors (Lipinski definition) is 5. The van der Waals surface area contributed by atoms with Crippen molar-refractivity contribution in [2.75, 3.05) is 13.7 Å². The molecule has 0 aromatic rings. The fraction of sp³-hybridized carbons (Fsp3) is 0.632. The zero-order valence-electron chi connectivity index (χ0n) is 15.5. The first-order valence-corrected chi connectivity index (χ1v) is 8.65. The topological polar surface area (TPSA) is 146 Å². The maximum Gasteiger partial charge on any atom is 0.308 e. The van der Waals surface area contributed by atoms with Gasteiger partial charge in [0, 0.05) is 6.42 Å². The summed E-state index contributed by atoms with van der Waals surface area (Å²) in [6.07, 6.45) is -6.87. The van der Waals surface area contributed by atoms with Crippen molar-refractivity contribution in [3.8, 4) is 23.7 Å². The molecule has 9 heteroatoms. The van der Waals surface area contributed by atoms with Crippen LogP contribution in [0.3, 0.4) is 0 Å². The van der Waals surface area contributed by atoms with Gasteiger partial charge in [-0.3, -0.25) is 4.79 Å². The summed E-state index contributed by atoms with van der Waals surface area (Å²) in [5, 5.41) is 48.1. The first kappa shape index (κ1) is 24.1. The van der Waals surface area contributed by atoms with Gasteiger partial charge in [-0.2, -0.15) is 0 Å². The number of esters is 1. The highest BCUT2D eigenvalue weighted by Gasteiger charge is 2.44. The van der Waals surface area contributed by atoms with Crippen LogP contribution in [0.15, 0.2) is 12.7 Å². The van der Waals surface area contributed by atoms with Gasteiger partial charge in [0.25, 0.3) is 0 Å². The lowest BCUT2D eigenvalue weighted by Gasteiger charge is -2.40. The highest BCUT2D eigenvalue weighted by Crippen LogP contribution is 2.22. The molecule has 1 aliphatic heterocycles. The monoisotopic (exact) mass is 398 g/mol. The van der Waals surface area contributed by atoms with Gasteiger partial charge in [0.1, 0.15) is 30.5 Å². The van der Waals surface area contributed by atoms with E-state index >= 15 is 0 Å². The van der Waals surface area contributed by atoms with Crippen molar-refractivity contribution in [1.29, 1.82) is 0 Å². The molecule has 0 spiro atoms. The van der Waals surface area contributed by atoms with Crippen molar-refractivity contribution in [3.05, 3.63) is 12.7 Å². The number of aliphatic hydroxyl groups excluding tert-OH is 5. The van der Waals surface area contributed by atoms with Crippen LogP contribution in [0, 0.1) is 23.7 Å². The van der Waals surface area contributed by atoms with Gasteiger partial charge in [-0.25, -0.2) is 0 Å². The largest absolute Gasteiger partial charge is 0.469 e. The van der Waals surface area contributed by atoms with Crippen LogP contribution in [0.5, 0.6) is 0 Å². The SMILES string of the molecule is C=C[C@H](C#CC#CCCC(O)CC(=O)OC)O[C@@H]1O[C@H](CO)[C@@H](O)[C@H](O)[C@H]1O. The minimum absolute atomic E-state index is 0.102. The van der Waals surface area contributed by atoms with Crippen molar-refractivity contribution in [1.82, 2.24) is 0 Å². The third kappa shape index (κ3) is 7.58. The summed E-state index contributed by atoms with van der Waals surface area (Å²) in [7, 11) is 1.24. The molecule has 0 aromatic heterocycles. The molecule has 7 atom stereocenters. The van der Waals surface area contributed by atoms with Gasteiger partial charge in [0.15, 0.2) is 6.29 Å². The van der Waals surface area contributed by atoms with Crippen LogP contribution >= 0.6 is 0 Å². The van der Waals surface area contributed by atoms with Crippen LogP contribution in [0.4, 0.5) is 0 Å².